The maximum absolute atomic E-state index is 5.83. The van der Waals surface area contributed by atoms with Crippen molar-refractivity contribution in [1.29, 1.82) is 0 Å². The van der Waals surface area contributed by atoms with E-state index in [1.165, 1.54) is 0 Å². The van der Waals surface area contributed by atoms with Crippen molar-refractivity contribution in [2.24, 2.45) is 0 Å². The van der Waals surface area contributed by atoms with Crippen LogP contribution in [0.5, 0.6) is 0 Å². The van der Waals surface area contributed by atoms with Gasteiger partial charge in [0.25, 0.3) is 0 Å². The van der Waals surface area contributed by atoms with Gasteiger partial charge in [-0.05, 0) is 28.1 Å². The molecule has 0 spiro atoms. The van der Waals surface area contributed by atoms with E-state index < -0.39 is 0 Å². The largest absolute Gasteiger partial charge is 0.276 e. The van der Waals surface area contributed by atoms with Crippen LogP contribution < -0.4 is 0 Å². The zero-order chi connectivity index (χ0) is 7.84. The van der Waals surface area contributed by atoms with Gasteiger partial charge in [0.15, 0.2) is 5.65 Å². The summed E-state index contributed by atoms with van der Waals surface area (Å²) in [6.45, 7) is 0. The van der Waals surface area contributed by atoms with E-state index in [1.54, 1.807) is 10.5 Å². The van der Waals surface area contributed by atoms with Gasteiger partial charge in [-0.2, -0.15) is 0 Å². The number of pyridine rings is 1. The summed E-state index contributed by atoms with van der Waals surface area (Å²) in [7, 11) is 0. The monoisotopic (exact) mass is 231 g/mol. The fourth-order valence-corrected chi connectivity index (χ4v) is 1.42. The number of rotatable bonds is 0. The third-order valence-electron chi connectivity index (χ3n) is 1.35. The Kier molecular flexibility index (Phi) is 1.58. The molecule has 2 heterocycles. The van der Waals surface area contributed by atoms with Gasteiger partial charge < -0.3 is 0 Å². The minimum Gasteiger partial charge on any atom is -0.276 e. The predicted octanol–water partition coefficient (Wildman–Crippen LogP) is 2.15. The molecule has 0 saturated carbocycles. The molecule has 0 N–H and O–H groups in total. The second kappa shape index (κ2) is 2.46. The molecule has 56 valence electrons. The van der Waals surface area contributed by atoms with Crippen LogP contribution in [0.1, 0.15) is 0 Å². The average Bonchev–Trinajstić information content (AvgIpc) is 2.35. The highest BCUT2D eigenvalue weighted by Gasteiger charge is 2.03. The lowest BCUT2D eigenvalue weighted by Crippen LogP contribution is -1.83. The SMILES string of the molecule is Clc1cccn2c(Br)nnc12. The molecule has 0 atom stereocenters. The Balaban J connectivity index is 2.94. The molecule has 0 radical (unpaired) electrons. The fraction of sp³-hybridized carbons (Fsp3) is 0. The lowest BCUT2D eigenvalue weighted by molar-refractivity contribution is 1.05. The molecular formula is C6H3BrClN3. The maximum atomic E-state index is 5.83. The molecule has 0 aliphatic heterocycles. The first-order chi connectivity index (χ1) is 5.29. The molecule has 0 amide bonds. The third kappa shape index (κ3) is 1.02. The van der Waals surface area contributed by atoms with Crippen molar-refractivity contribution in [3.63, 3.8) is 0 Å². The standard InChI is InChI=1S/C6H3BrClN3/c7-6-10-9-5-4(8)2-1-3-11(5)6/h1-3H. The van der Waals surface area contributed by atoms with Crippen molar-refractivity contribution in [3.8, 4) is 0 Å². The minimum atomic E-state index is 0.603. The molecule has 2 rings (SSSR count). The second-order valence-corrected chi connectivity index (χ2v) is 3.14. The normalized spacial score (nSPS) is 10.7. The summed E-state index contributed by atoms with van der Waals surface area (Å²) in [6, 6.07) is 3.61. The van der Waals surface area contributed by atoms with Gasteiger partial charge in [-0.1, -0.05) is 11.6 Å². The summed E-state index contributed by atoms with van der Waals surface area (Å²) in [6.07, 6.45) is 1.84. The number of fused-ring (bicyclic) bond motifs is 1. The Labute approximate surface area is 76.1 Å². The van der Waals surface area contributed by atoms with Gasteiger partial charge in [-0.25, -0.2) is 0 Å². The van der Waals surface area contributed by atoms with Crippen molar-refractivity contribution >= 4 is 33.2 Å². The summed E-state index contributed by atoms with van der Waals surface area (Å²) in [5, 5.41) is 8.26. The topological polar surface area (TPSA) is 30.2 Å². The predicted molar refractivity (Wildman–Crippen MR) is 45.7 cm³/mol. The van der Waals surface area contributed by atoms with E-state index in [0.29, 0.717) is 15.4 Å². The first kappa shape index (κ1) is 7.06. The van der Waals surface area contributed by atoms with Crippen molar-refractivity contribution in [3.05, 3.63) is 28.1 Å². The molecule has 0 aliphatic rings. The van der Waals surface area contributed by atoms with Crippen LogP contribution in [0.3, 0.4) is 0 Å². The molecule has 2 aromatic rings. The summed E-state index contributed by atoms with van der Waals surface area (Å²) in [5.41, 5.74) is 0.668. The lowest BCUT2D eigenvalue weighted by atomic mass is 10.5. The Morgan fingerprint density at radius 1 is 1.45 bits per heavy atom. The Morgan fingerprint density at radius 3 is 3.00 bits per heavy atom. The zero-order valence-electron chi connectivity index (χ0n) is 5.33. The quantitative estimate of drug-likeness (QED) is 0.697. The van der Waals surface area contributed by atoms with Gasteiger partial charge >= 0.3 is 0 Å². The highest BCUT2D eigenvalue weighted by atomic mass is 79.9. The molecule has 0 fully saturated rings. The molecule has 0 aliphatic carbocycles. The molecule has 2 aromatic heterocycles. The van der Waals surface area contributed by atoms with Crippen LogP contribution in [-0.2, 0) is 0 Å². The van der Waals surface area contributed by atoms with Crippen molar-refractivity contribution in [1.82, 2.24) is 14.6 Å². The molecular weight excluding hydrogens is 229 g/mol. The Hall–Kier alpha value is -0.610. The van der Waals surface area contributed by atoms with Crippen molar-refractivity contribution in [2.45, 2.75) is 0 Å². The van der Waals surface area contributed by atoms with Crippen LogP contribution in [0.15, 0.2) is 23.1 Å². The number of aromatic nitrogens is 3. The van der Waals surface area contributed by atoms with Gasteiger partial charge in [0.2, 0.25) is 4.73 Å². The summed E-state index contributed by atoms with van der Waals surface area (Å²) in [4.78, 5) is 0. The summed E-state index contributed by atoms with van der Waals surface area (Å²) < 4.78 is 2.43. The van der Waals surface area contributed by atoms with E-state index >= 15 is 0 Å². The van der Waals surface area contributed by atoms with Gasteiger partial charge in [-0.15, -0.1) is 10.2 Å². The van der Waals surface area contributed by atoms with Crippen LogP contribution in [0, 0.1) is 0 Å². The molecule has 0 bridgehead atoms. The van der Waals surface area contributed by atoms with Crippen LogP contribution in [0.25, 0.3) is 5.65 Å². The van der Waals surface area contributed by atoms with Crippen molar-refractivity contribution < 1.29 is 0 Å². The molecule has 3 nitrogen and oxygen atoms in total. The van der Waals surface area contributed by atoms with E-state index in [2.05, 4.69) is 26.1 Å². The van der Waals surface area contributed by atoms with E-state index in [-0.39, 0.29) is 0 Å². The Bertz CT molecular complexity index is 398. The lowest BCUT2D eigenvalue weighted by Gasteiger charge is -1.92. The first-order valence-corrected chi connectivity index (χ1v) is 4.11. The molecule has 11 heavy (non-hydrogen) atoms. The van der Waals surface area contributed by atoms with Gasteiger partial charge in [0.1, 0.15) is 0 Å². The van der Waals surface area contributed by atoms with Gasteiger partial charge in [0.05, 0.1) is 5.02 Å². The van der Waals surface area contributed by atoms with Crippen molar-refractivity contribution in [2.75, 3.05) is 0 Å². The third-order valence-corrected chi connectivity index (χ3v) is 2.18. The number of nitrogens with zero attached hydrogens (tertiary/aromatic N) is 3. The Morgan fingerprint density at radius 2 is 2.27 bits per heavy atom. The smallest absolute Gasteiger partial charge is 0.204 e. The van der Waals surface area contributed by atoms with Crippen LogP contribution in [0.4, 0.5) is 0 Å². The number of hydrogen-bond donors (Lipinski definition) is 0. The number of halogens is 2. The molecule has 5 heteroatoms. The van der Waals surface area contributed by atoms with Gasteiger partial charge in [0, 0.05) is 6.20 Å². The first-order valence-electron chi connectivity index (χ1n) is 2.94. The molecule has 0 saturated heterocycles. The summed E-state index contributed by atoms with van der Waals surface area (Å²) in [5.74, 6) is 0. The maximum Gasteiger partial charge on any atom is 0.204 e. The van der Waals surface area contributed by atoms with Crippen LogP contribution in [-0.4, -0.2) is 14.6 Å². The highest BCUT2D eigenvalue weighted by Crippen LogP contribution is 2.17. The second-order valence-electron chi connectivity index (χ2n) is 2.02. The number of hydrogen-bond acceptors (Lipinski definition) is 2. The van der Waals surface area contributed by atoms with Gasteiger partial charge in [-0.3, -0.25) is 4.40 Å². The summed E-state index contributed by atoms with van der Waals surface area (Å²) >= 11 is 9.06. The highest BCUT2D eigenvalue weighted by molar-refractivity contribution is 9.10. The van der Waals surface area contributed by atoms with E-state index in [4.69, 9.17) is 11.6 Å². The van der Waals surface area contributed by atoms with E-state index in [0.717, 1.165) is 0 Å². The average molecular weight is 232 g/mol. The van der Waals surface area contributed by atoms with E-state index in [1.807, 2.05) is 12.3 Å². The molecule has 0 aromatic carbocycles. The van der Waals surface area contributed by atoms with Crippen LogP contribution >= 0.6 is 27.5 Å². The van der Waals surface area contributed by atoms with E-state index in [9.17, 15) is 0 Å². The fourth-order valence-electron chi connectivity index (χ4n) is 0.855. The van der Waals surface area contributed by atoms with Crippen LogP contribution in [0.2, 0.25) is 5.02 Å². The minimum absolute atomic E-state index is 0.603. The molecule has 0 unspecified atom stereocenters. The zero-order valence-corrected chi connectivity index (χ0v) is 7.67.